The van der Waals surface area contributed by atoms with Gasteiger partial charge in [0, 0.05) is 22.1 Å². The molecule has 0 spiro atoms. The molecular formula is C11H13ClN2O3S. The van der Waals surface area contributed by atoms with Crippen LogP contribution in [-0.2, 0) is 10.5 Å². The number of carbonyl (C=O) groups is 2. The first-order valence-corrected chi connectivity index (χ1v) is 6.59. The number of carbonyl (C=O) groups excluding carboxylic acids is 1. The SMILES string of the molecule is NC(=O)c1ccc(CSCC(N)C(=O)O)c(Cl)c1. The highest BCUT2D eigenvalue weighted by Crippen LogP contribution is 2.22. The molecule has 1 aromatic rings. The van der Waals surface area contributed by atoms with Crippen LogP contribution in [0, 0.1) is 0 Å². The average Bonchev–Trinajstić information content (AvgIpc) is 2.30. The number of carboxylic acids is 1. The van der Waals surface area contributed by atoms with E-state index in [1.807, 2.05) is 0 Å². The van der Waals surface area contributed by atoms with Crippen molar-refractivity contribution in [1.82, 2.24) is 0 Å². The monoisotopic (exact) mass is 288 g/mol. The highest BCUT2D eigenvalue weighted by atomic mass is 35.5. The fraction of sp³-hybridized carbons (Fsp3) is 0.273. The van der Waals surface area contributed by atoms with Crippen molar-refractivity contribution in [3.05, 3.63) is 34.3 Å². The Kier molecular flexibility index (Phi) is 5.46. The highest BCUT2D eigenvalue weighted by molar-refractivity contribution is 7.98. The second-order valence-corrected chi connectivity index (χ2v) is 5.07. The van der Waals surface area contributed by atoms with Gasteiger partial charge in [-0.15, -0.1) is 0 Å². The van der Waals surface area contributed by atoms with Crippen LogP contribution in [0.2, 0.25) is 5.02 Å². The molecule has 0 aliphatic carbocycles. The van der Waals surface area contributed by atoms with Crippen LogP contribution in [-0.4, -0.2) is 28.8 Å². The van der Waals surface area contributed by atoms with E-state index in [0.717, 1.165) is 5.56 Å². The van der Waals surface area contributed by atoms with Gasteiger partial charge in [0.2, 0.25) is 5.91 Å². The lowest BCUT2D eigenvalue weighted by atomic mass is 10.1. The van der Waals surface area contributed by atoms with Gasteiger partial charge in [-0.2, -0.15) is 11.8 Å². The summed E-state index contributed by atoms with van der Waals surface area (Å²) in [5.41, 5.74) is 11.6. The number of carboxylic acid groups (broad SMARTS) is 1. The zero-order chi connectivity index (χ0) is 13.7. The maximum Gasteiger partial charge on any atom is 0.321 e. The molecule has 5 nitrogen and oxygen atoms in total. The summed E-state index contributed by atoms with van der Waals surface area (Å²) >= 11 is 7.35. The Morgan fingerprint density at radius 2 is 2.11 bits per heavy atom. The summed E-state index contributed by atoms with van der Waals surface area (Å²) in [6.45, 7) is 0. The van der Waals surface area contributed by atoms with Crippen LogP contribution in [0.3, 0.4) is 0 Å². The van der Waals surface area contributed by atoms with E-state index in [0.29, 0.717) is 22.1 Å². The predicted octanol–water partition coefficient (Wildman–Crippen LogP) is 1.08. The molecule has 0 fully saturated rings. The Bertz CT molecular complexity index is 468. The minimum absolute atomic E-state index is 0.295. The summed E-state index contributed by atoms with van der Waals surface area (Å²) in [4.78, 5) is 21.4. The highest BCUT2D eigenvalue weighted by Gasteiger charge is 2.12. The number of hydrogen-bond donors (Lipinski definition) is 3. The lowest BCUT2D eigenvalue weighted by Crippen LogP contribution is -2.32. The summed E-state index contributed by atoms with van der Waals surface area (Å²) in [5.74, 6) is -0.746. The summed E-state index contributed by atoms with van der Waals surface area (Å²) in [7, 11) is 0. The number of primary amides is 1. The zero-order valence-electron chi connectivity index (χ0n) is 9.43. The third-order valence-electron chi connectivity index (χ3n) is 2.21. The fourth-order valence-corrected chi connectivity index (χ4v) is 2.50. The molecule has 0 saturated carbocycles. The van der Waals surface area contributed by atoms with Gasteiger partial charge >= 0.3 is 5.97 Å². The van der Waals surface area contributed by atoms with Crippen molar-refractivity contribution in [2.24, 2.45) is 11.5 Å². The molecule has 0 aliphatic heterocycles. The number of aliphatic carboxylic acids is 1. The van der Waals surface area contributed by atoms with Gasteiger partial charge < -0.3 is 16.6 Å². The van der Waals surface area contributed by atoms with E-state index in [2.05, 4.69) is 0 Å². The van der Waals surface area contributed by atoms with E-state index in [4.69, 9.17) is 28.2 Å². The van der Waals surface area contributed by atoms with E-state index in [-0.39, 0.29) is 0 Å². The van der Waals surface area contributed by atoms with Gasteiger partial charge in [0.1, 0.15) is 6.04 Å². The van der Waals surface area contributed by atoms with Crippen LogP contribution in [0.25, 0.3) is 0 Å². The molecule has 1 rings (SSSR count). The van der Waals surface area contributed by atoms with Crippen molar-refractivity contribution in [2.45, 2.75) is 11.8 Å². The lowest BCUT2D eigenvalue weighted by molar-refractivity contribution is -0.137. The van der Waals surface area contributed by atoms with Crippen molar-refractivity contribution in [1.29, 1.82) is 0 Å². The van der Waals surface area contributed by atoms with Crippen molar-refractivity contribution in [2.75, 3.05) is 5.75 Å². The van der Waals surface area contributed by atoms with E-state index in [1.54, 1.807) is 12.1 Å². The third kappa shape index (κ3) is 4.21. The molecule has 1 aromatic carbocycles. The fourth-order valence-electron chi connectivity index (χ4n) is 1.18. The van der Waals surface area contributed by atoms with Crippen molar-refractivity contribution in [3.8, 4) is 0 Å². The van der Waals surface area contributed by atoms with E-state index < -0.39 is 17.9 Å². The molecule has 18 heavy (non-hydrogen) atoms. The molecule has 0 heterocycles. The maximum absolute atomic E-state index is 10.9. The Morgan fingerprint density at radius 1 is 1.44 bits per heavy atom. The molecule has 1 unspecified atom stereocenters. The number of hydrogen-bond acceptors (Lipinski definition) is 4. The first-order chi connectivity index (χ1) is 8.41. The number of amides is 1. The van der Waals surface area contributed by atoms with Gasteiger partial charge in [-0.3, -0.25) is 9.59 Å². The summed E-state index contributed by atoms with van der Waals surface area (Å²) < 4.78 is 0. The molecule has 98 valence electrons. The van der Waals surface area contributed by atoms with E-state index in [1.165, 1.54) is 17.8 Å². The van der Waals surface area contributed by atoms with Crippen LogP contribution < -0.4 is 11.5 Å². The van der Waals surface area contributed by atoms with Crippen molar-refractivity contribution < 1.29 is 14.7 Å². The van der Waals surface area contributed by atoms with Crippen LogP contribution in [0.5, 0.6) is 0 Å². The van der Waals surface area contributed by atoms with Gasteiger partial charge in [0.15, 0.2) is 0 Å². The van der Waals surface area contributed by atoms with Gasteiger partial charge in [-0.25, -0.2) is 0 Å². The van der Waals surface area contributed by atoms with Crippen molar-refractivity contribution >= 4 is 35.2 Å². The Hall–Kier alpha value is -1.24. The molecule has 0 aromatic heterocycles. The first-order valence-electron chi connectivity index (χ1n) is 5.06. The first kappa shape index (κ1) is 14.8. The molecule has 5 N–H and O–H groups in total. The molecular weight excluding hydrogens is 276 g/mol. The van der Waals surface area contributed by atoms with Gasteiger partial charge in [-0.05, 0) is 17.7 Å². The topological polar surface area (TPSA) is 106 Å². The molecule has 1 amide bonds. The second-order valence-electron chi connectivity index (χ2n) is 3.63. The number of rotatable bonds is 6. The second kappa shape index (κ2) is 6.63. The summed E-state index contributed by atoms with van der Waals surface area (Å²) in [6.07, 6.45) is 0. The van der Waals surface area contributed by atoms with Gasteiger partial charge in [0.25, 0.3) is 0 Å². The standard InChI is InChI=1S/C11H13ClN2O3S/c12-8-3-6(10(14)15)1-2-7(8)4-18-5-9(13)11(16)17/h1-3,9H,4-5,13H2,(H2,14,15)(H,16,17). The normalized spacial score (nSPS) is 12.1. The van der Waals surface area contributed by atoms with Crippen LogP contribution in [0.4, 0.5) is 0 Å². The smallest absolute Gasteiger partial charge is 0.321 e. The van der Waals surface area contributed by atoms with Crippen LogP contribution in [0.15, 0.2) is 18.2 Å². The van der Waals surface area contributed by atoms with Gasteiger partial charge in [0.05, 0.1) is 0 Å². The third-order valence-corrected chi connectivity index (χ3v) is 3.67. The van der Waals surface area contributed by atoms with Gasteiger partial charge in [-0.1, -0.05) is 17.7 Å². The average molecular weight is 289 g/mol. The molecule has 0 radical (unpaired) electrons. The molecule has 0 saturated heterocycles. The molecule has 1 atom stereocenters. The minimum Gasteiger partial charge on any atom is -0.480 e. The zero-order valence-corrected chi connectivity index (χ0v) is 11.0. The van der Waals surface area contributed by atoms with Crippen molar-refractivity contribution in [3.63, 3.8) is 0 Å². The largest absolute Gasteiger partial charge is 0.480 e. The Labute approximate surface area is 113 Å². The number of nitrogens with two attached hydrogens (primary N) is 2. The van der Waals surface area contributed by atoms with Crippen LogP contribution >= 0.6 is 23.4 Å². The Balaban J connectivity index is 2.58. The Morgan fingerprint density at radius 3 is 2.61 bits per heavy atom. The van der Waals surface area contributed by atoms with Crippen LogP contribution in [0.1, 0.15) is 15.9 Å². The number of benzene rings is 1. The molecule has 0 aliphatic rings. The molecule has 7 heteroatoms. The number of halogens is 1. The molecule has 0 bridgehead atoms. The lowest BCUT2D eigenvalue weighted by Gasteiger charge is -2.08. The quantitative estimate of drug-likeness (QED) is 0.726. The van der Waals surface area contributed by atoms with E-state index in [9.17, 15) is 9.59 Å². The minimum atomic E-state index is -1.03. The number of thioether (sulfide) groups is 1. The predicted molar refractivity (Wildman–Crippen MR) is 71.7 cm³/mol. The summed E-state index contributed by atoms with van der Waals surface area (Å²) in [5, 5.41) is 9.05. The summed E-state index contributed by atoms with van der Waals surface area (Å²) in [6, 6.07) is 3.89. The maximum atomic E-state index is 10.9. The van der Waals surface area contributed by atoms with E-state index >= 15 is 0 Å².